The number of nitrogens with one attached hydrogen (secondary N) is 2. The van der Waals surface area contributed by atoms with E-state index in [1.807, 2.05) is 54.6 Å². The summed E-state index contributed by atoms with van der Waals surface area (Å²) in [6.07, 6.45) is -0.493. The lowest BCUT2D eigenvalue weighted by atomic mass is 10.0. The van der Waals surface area contributed by atoms with E-state index in [0.29, 0.717) is 5.56 Å². The standard InChI is InChI=1S/C46H31N5O/c47-28-29-10-8-13-33(26-29)46-49-44(30-11-2-1-3-12-30)48-45(50-46)31-20-23-34(24-21-31)51-40-18-6-4-14-36(40)39-27-32(22-25-41(39)51)35-16-9-17-38-37-15-5-7-19-42(37)52-43(35)38/h1-27,44,46,49H,(H,48,50). The van der Waals surface area contributed by atoms with E-state index in [1.54, 1.807) is 0 Å². The lowest BCUT2D eigenvalue weighted by Gasteiger charge is -2.32. The fraction of sp³-hybridized carbons (Fsp3) is 0.0435. The van der Waals surface area contributed by atoms with E-state index in [0.717, 1.165) is 72.3 Å². The molecule has 1 aliphatic heterocycles. The van der Waals surface area contributed by atoms with Crippen LogP contribution in [0.2, 0.25) is 0 Å². The van der Waals surface area contributed by atoms with Gasteiger partial charge >= 0.3 is 0 Å². The quantitative estimate of drug-likeness (QED) is 0.191. The SMILES string of the molecule is N#Cc1cccc(C2N=C(c3ccc(-n4c5ccccc5c5cc(-c6cccc7c6oc6ccccc67)ccc54)cc3)NC(c3ccccc3)N2)c1. The number of benzene rings is 7. The Kier molecular flexibility index (Phi) is 6.98. The molecule has 246 valence electrons. The van der Waals surface area contributed by atoms with Gasteiger partial charge in [-0.1, -0.05) is 103 Å². The van der Waals surface area contributed by atoms with E-state index in [-0.39, 0.29) is 12.3 Å². The third-order valence-electron chi connectivity index (χ3n) is 10.1. The summed E-state index contributed by atoms with van der Waals surface area (Å²) in [5.74, 6) is 0.790. The summed E-state index contributed by atoms with van der Waals surface area (Å²) < 4.78 is 8.74. The zero-order chi connectivity index (χ0) is 34.6. The number of nitrogens with zero attached hydrogens (tertiary/aromatic N) is 3. The number of hydrogen-bond donors (Lipinski definition) is 2. The molecule has 7 aromatic carbocycles. The highest BCUT2D eigenvalue weighted by Gasteiger charge is 2.26. The highest BCUT2D eigenvalue weighted by atomic mass is 16.3. The molecule has 0 fully saturated rings. The van der Waals surface area contributed by atoms with Crippen LogP contribution < -0.4 is 10.6 Å². The fourth-order valence-corrected chi connectivity index (χ4v) is 7.63. The first kappa shape index (κ1) is 29.9. The summed E-state index contributed by atoms with van der Waals surface area (Å²) in [6.45, 7) is 0. The lowest BCUT2D eigenvalue weighted by Crippen LogP contribution is -2.44. The van der Waals surface area contributed by atoms with Gasteiger partial charge in [0, 0.05) is 38.4 Å². The van der Waals surface area contributed by atoms with Gasteiger partial charge < -0.3 is 14.3 Å². The minimum Gasteiger partial charge on any atom is -0.455 e. The fourth-order valence-electron chi connectivity index (χ4n) is 7.63. The molecule has 2 N–H and O–H groups in total. The second-order valence-electron chi connectivity index (χ2n) is 13.2. The largest absolute Gasteiger partial charge is 0.455 e. The molecular weight excluding hydrogens is 639 g/mol. The van der Waals surface area contributed by atoms with Crippen molar-refractivity contribution in [3.05, 3.63) is 186 Å². The van der Waals surface area contributed by atoms with E-state index in [9.17, 15) is 5.26 Å². The van der Waals surface area contributed by atoms with Crippen LogP contribution in [0.4, 0.5) is 0 Å². The lowest BCUT2D eigenvalue weighted by molar-refractivity contribution is 0.409. The van der Waals surface area contributed by atoms with Crippen molar-refractivity contribution < 1.29 is 4.42 Å². The first-order valence-corrected chi connectivity index (χ1v) is 17.4. The molecule has 52 heavy (non-hydrogen) atoms. The number of nitriles is 1. The van der Waals surface area contributed by atoms with Crippen molar-refractivity contribution in [3.63, 3.8) is 0 Å². The highest BCUT2D eigenvalue weighted by molar-refractivity contribution is 6.13. The van der Waals surface area contributed by atoms with Crippen molar-refractivity contribution in [2.24, 2.45) is 4.99 Å². The molecule has 0 bridgehead atoms. The number of aromatic nitrogens is 1. The second-order valence-corrected chi connectivity index (χ2v) is 13.2. The van der Waals surface area contributed by atoms with Gasteiger partial charge in [-0.05, 0) is 77.4 Å². The van der Waals surface area contributed by atoms with Gasteiger partial charge in [0.05, 0.1) is 22.7 Å². The Balaban J connectivity index is 1.05. The van der Waals surface area contributed by atoms with Gasteiger partial charge in [0.15, 0.2) is 0 Å². The number of amidine groups is 1. The highest BCUT2D eigenvalue weighted by Crippen LogP contribution is 2.39. The Morgan fingerprint density at radius 2 is 1.31 bits per heavy atom. The predicted molar refractivity (Wildman–Crippen MR) is 209 cm³/mol. The van der Waals surface area contributed by atoms with Crippen molar-refractivity contribution >= 4 is 49.6 Å². The van der Waals surface area contributed by atoms with E-state index >= 15 is 0 Å². The first-order chi connectivity index (χ1) is 25.7. The Morgan fingerprint density at radius 3 is 2.17 bits per heavy atom. The van der Waals surface area contributed by atoms with E-state index in [2.05, 4.69) is 130 Å². The molecule has 0 saturated heterocycles. The van der Waals surface area contributed by atoms with E-state index < -0.39 is 0 Å². The average molecular weight is 670 g/mol. The van der Waals surface area contributed by atoms with Crippen LogP contribution in [-0.4, -0.2) is 10.4 Å². The van der Waals surface area contributed by atoms with Crippen LogP contribution in [0.25, 0.3) is 60.6 Å². The number of furan rings is 1. The number of rotatable bonds is 5. The van der Waals surface area contributed by atoms with E-state index in [4.69, 9.17) is 9.41 Å². The molecule has 2 unspecified atom stereocenters. The Morgan fingerprint density at radius 1 is 0.596 bits per heavy atom. The Bertz CT molecular complexity index is 2880. The van der Waals surface area contributed by atoms with Crippen molar-refractivity contribution in [2.75, 3.05) is 0 Å². The smallest absolute Gasteiger partial charge is 0.143 e. The van der Waals surface area contributed by atoms with Crippen LogP contribution >= 0.6 is 0 Å². The molecule has 1 aliphatic rings. The van der Waals surface area contributed by atoms with Crippen molar-refractivity contribution in [1.82, 2.24) is 15.2 Å². The predicted octanol–water partition coefficient (Wildman–Crippen LogP) is 10.6. The van der Waals surface area contributed by atoms with Crippen LogP contribution in [0.15, 0.2) is 173 Å². The summed E-state index contributed by atoms with van der Waals surface area (Å²) >= 11 is 0. The third-order valence-corrected chi connectivity index (χ3v) is 10.1. The third kappa shape index (κ3) is 4.95. The van der Waals surface area contributed by atoms with Crippen molar-refractivity contribution in [3.8, 4) is 22.9 Å². The minimum absolute atomic E-state index is 0.166. The van der Waals surface area contributed by atoms with Gasteiger partial charge in [0.25, 0.3) is 0 Å². The Hall–Kier alpha value is -6.94. The molecular formula is C46H31N5O. The van der Waals surface area contributed by atoms with E-state index in [1.165, 1.54) is 10.8 Å². The van der Waals surface area contributed by atoms with Crippen LogP contribution in [0.1, 0.15) is 34.6 Å². The maximum Gasteiger partial charge on any atom is 0.143 e. The molecule has 0 spiro atoms. The van der Waals surface area contributed by atoms with Crippen molar-refractivity contribution in [1.29, 1.82) is 5.26 Å². The van der Waals surface area contributed by atoms with Gasteiger partial charge in [-0.2, -0.15) is 5.26 Å². The molecule has 10 rings (SSSR count). The molecule has 0 aliphatic carbocycles. The van der Waals surface area contributed by atoms with Crippen molar-refractivity contribution in [2.45, 2.75) is 12.3 Å². The molecule has 0 radical (unpaired) electrons. The second kappa shape index (κ2) is 12.1. The molecule has 6 heteroatoms. The normalized spacial score (nSPS) is 15.9. The Labute approximate surface area is 299 Å². The van der Waals surface area contributed by atoms with Gasteiger partial charge in [-0.25, -0.2) is 4.99 Å². The zero-order valence-electron chi connectivity index (χ0n) is 28.0. The molecule has 2 aromatic heterocycles. The molecule has 2 atom stereocenters. The number of aliphatic imine (C=N–C) groups is 1. The van der Waals surface area contributed by atoms with Crippen LogP contribution in [0, 0.1) is 11.3 Å². The summed E-state index contributed by atoms with van der Waals surface area (Å²) in [6, 6.07) is 58.7. The summed E-state index contributed by atoms with van der Waals surface area (Å²) in [5, 5.41) is 21.4. The van der Waals surface area contributed by atoms with Crippen LogP contribution in [-0.2, 0) is 0 Å². The van der Waals surface area contributed by atoms with Crippen LogP contribution in [0.5, 0.6) is 0 Å². The van der Waals surface area contributed by atoms with Gasteiger partial charge in [-0.15, -0.1) is 0 Å². The maximum absolute atomic E-state index is 9.56. The monoisotopic (exact) mass is 669 g/mol. The number of hydrogen-bond acceptors (Lipinski definition) is 5. The van der Waals surface area contributed by atoms with Gasteiger partial charge in [0.2, 0.25) is 0 Å². The minimum atomic E-state index is -0.327. The molecule has 6 nitrogen and oxygen atoms in total. The van der Waals surface area contributed by atoms with Gasteiger partial charge in [0.1, 0.15) is 29.3 Å². The van der Waals surface area contributed by atoms with Crippen LogP contribution in [0.3, 0.4) is 0 Å². The summed E-state index contributed by atoms with van der Waals surface area (Å²) in [5.41, 5.74) is 11.0. The molecule has 9 aromatic rings. The summed E-state index contributed by atoms with van der Waals surface area (Å²) in [4.78, 5) is 5.11. The first-order valence-electron chi connectivity index (χ1n) is 17.4. The van der Waals surface area contributed by atoms with Gasteiger partial charge in [-0.3, -0.25) is 5.32 Å². The summed E-state index contributed by atoms with van der Waals surface area (Å²) in [7, 11) is 0. The average Bonchev–Trinajstić information content (AvgIpc) is 3.77. The molecule has 0 amide bonds. The number of para-hydroxylation sites is 3. The zero-order valence-corrected chi connectivity index (χ0v) is 28.0. The molecule has 0 saturated carbocycles. The number of fused-ring (bicyclic) bond motifs is 6. The molecule has 3 heterocycles. The topological polar surface area (TPSA) is 78.3 Å². The maximum atomic E-state index is 9.56.